The molecule has 0 heterocycles. The van der Waals surface area contributed by atoms with Crippen LogP contribution in [0.3, 0.4) is 0 Å². The highest BCUT2D eigenvalue weighted by atomic mass is 35.5. The number of nitrogens with one attached hydrogen (secondary N) is 1. The third-order valence-corrected chi connectivity index (χ3v) is 3.53. The SMILES string of the molecule is NS(=O)(=O)c1ccc(Cl)c(C(=O)NCCOCC(F)F)c1. The molecule has 0 unspecified atom stereocenters. The molecular weight excluding hydrogens is 330 g/mol. The largest absolute Gasteiger partial charge is 0.374 e. The Balaban J connectivity index is 2.66. The van der Waals surface area contributed by atoms with Crippen molar-refractivity contribution in [2.75, 3.05) is 19.8 Å². The van der Waals surface area contributed by atoms with Gasteiger partial charge < -0.3 is 10.1 Å². The zero-order valence-electron chi connectivity index (χ0n) is 10.7. The third kappa shape index (κ3) is 5.92. The summed E-state index contributed by atoms with van der Waals surface area (Å²) in [5.74, 6) is -0.661. The highest BCUT2D eigenvalue weighted by Gasteiger charge is 2.15. The highest BCUT2D eigenvalue weighted by Crippen LogP contribution is 2.19. The van der Waals surface area contributed by atoms with Crippen LogP contribution in [0, 0.1) is 0 Å². The van der Waals surface area contributed by atoms with Gasteiger partial charge >= 0.3 is 0 Å². The van der Waals surface area contributed by atoms with Gasteiger partial charge in [-0.2, -0.15) is 0 Å². The van der Waals surface area contributed by atoms with E-state index in [9.17, 15) is 22.0 Å². The lowest BCUT2D eigenvalue weighted by Gasteiger charge is -2.08. The summed E-state index contributed by atoms with van der Waals surface area (Å²) < 4.78 is 50.6. The fourth-order valence-corrected chi connectivity index (χ4v) is 2.10. The van der Waals surface area contributed by atoms with Gasteiger partial charge in [0.15, 0.2) is 0 Å². The number of hydrogen-bond donors (Lipinski definition) is 2. The van der Waals surface area contributed by atoms with E-state index >= 15 is 0 Å². The van der Waals surface area contributed by atoms with Crippen LogP contribution in [0.5, 0.6) is 0 Å². The second kappa shape index (κ2) is 7.64. The van der Waals surface area contributed by atoms with E-state index in [2.05, 4.69) is 10.1 Å². The first kappa shape index (κ1) is 17.8. The van der Waals surface area contributed by atoms with Crippen LogP contribution in [0.25, 0.3) is 0 Å². The van der Waals surface area contributed by atoms with Crippen molar-refractivity contribution in [3.63, 3.8) is 0 Å². The summed E-state index contributed by atoms with van der Waals surface area (Å²) in [6.45, 7) is -0.860. The van der Waals surface area contributed by atoms with E-state index in [0.29, 0.717) is 0 Å². The molecule has 0 fully saturated rings. The van der Waals surface area contributed by atoms with Gasteiger partial charge in [0.05, 0.1) is 22.1 Å². The van der Waals surface area contributed by atoms with Crippen LogP contribution in [0.2, 0.25) is 5.02 Å². The molecule has 118 valence electrons. The second-order valence-electron chi connectivity index (χ2n) is 3.91. The molecule has 6 nitrogen and oxygen atoms in total. The predicted octanol–water partition coefficient (Wildman–Crippen LogP) is 0.999. The van der Waals surface area contributed by atoms with Crippen LogP contribution in [0.4, 0.5) is 8.78 Å². The average molecular weight is 343 g/mol. The Morgan fingerprint density at radius 2 is 2.10 bits per heavy atom. The molecule has 0 aliphatic rings. The molecule has 1 rings (SSSR count). The molecule has 3 N–H and O–H groups in total. The monoisotopic (exact) mass is 342 g/mol. The fraction of sp³-hybridized carbons (Fsp3) is 0.364. The van der Waals surface area contributed by atoms with Crippen molar-refractivity contribution in [2.24, 2.45) is 5.14 Å². The lowest BCUT2D eigenvalue weighted by Crippen LogP contribution is -2.28. The number of alkyl halides is 2. The van der Waals surface area contributed by atoms with Gasteiger partial charge in [-0.25, -0.2) is 22.3 Å². The van der Waals surface area contributed by atoms with E-state index in [4.69, 9.17) is 16.7 Å². The van der Waals surface area contributed by atoms with E-state index in [-0.39, 0.29) is 28.6 Å². The van der Waals surface area contributed by atoms with Crippen LogP contribution in [0.1, 0.15) is 10.4 Å². The number of carbonyl (C=O) groups is 1. The quantitative estimate of drug-likeness (QED) is 0.722. The lowest BCUT2D eigenvalue weighted by atomic mass is 10.2. The van der Waals surface area contributed by atoms with Crippen LogP contribution in [-0.4, -0.2) is 40.5 Å². The maximum absolute atomic E-state index is 11.8. The zero-order valence-corrected chi connectivity index (χ0v) is 12.3. The molecule has 0 spiro atoms. The van der Waals surface area contributed by atoms with Gasteiger partial charge in [-0.3, -0.25) is 4.79 Å². The van der Waals surface area contributed by atoms with Gasteiger partial charge in [-0.1, -0.05) is 11.6 Å². The average Bonchev–Trinajstić information content (AvgIpc) is 2.36. The van der Waals surface area contributed by atoms with Gasteiger partial charge in [-0.15, -0.1) is 0 Å². The van der Waals surface area contributed by atoms with Crippen LogP contribution in [-0.2, 0) is 14.8 Å². The van der Waals surface area contributed by atoms with Crippen molar-refractivity contribution >= 4 is 27.5 Å². The molecule has 21 heavy (non-hydrogen) atoms. The summed E-state index contributed by atoms with van der Waals surface area (Å²) >= 11 is 5.80. The number of amides is 1. The number of benzene rings is 1. The molecule has 1 aromatic carbocycles. The zero-order chi connectivity index (χ0) is 16.0. The molecule has 0 aliphatic heterocycles. The van der Waals surface area contributed by atoms with Gasteiger partial charge in [0.2, 0.25) is 10.0 Å². The number of halogens is 3. The van der Waals surface area contributed by atoms with Crippen molar-refractivity contribution in [2.45, 2.75) is 11.3 Å². The summed E-state index contributed by atoms with van der Waals surface area (Å²) in [4.78, 5) is 11.5. The first-order valence-corrected chi connectivity index (χ1v) is 7.60. The van der Waals surface area contributed by atoms with Gasteiger partial charge in [-0.05, 0) is 18.2 Å². The maximum atomic E-state index is 11.8. The Bertz CT molecular complexity index is 610. The highest BCUT2D eigenvalue weighted by molar-refractivity contribution is 7.89. The van der Waals surface area contributed by atoms with Crippen LogP contribution < -0.4 is 10.5 Å². The number of hydrogen-bond acceptors (Lipinski definition) is 4. The molecule has 0 aromatic heterocycles. The summed E-state index contributed by atoms with van der Waals surface area (Å²) in [6, 6.07) is 3.43. The fourth-order valence-electron chi connectivity index (χ4n) is 1.36. The molecule has 1 amide bonds. The minimum Gasteiger partial charge on any atom is -0.374 e. The lowest BCUT2D eigenvalue weighted by molar-refractivity contribution is 0.0188. The Morgan fingerprint density at radius 3 is 2.67 bits per heavy atom. The minimum atomic E-state index is -3.96. The maximum Gasteiger partial charge on any atom is 0.261 e. The third-order valence-electron chi connectivity index (χ3n) is 2.29. The van der Waals surface area contributed by atoms with Gasteiger partial charge in [0, 0.05) is 6.54 Å². The van der Waals surface area contributed by atoms with Crippen molar-refractivity contribution in [1.82, 2.24) is 5.32 Å². The first-order chi connectivity index (χ1) is 9.71. The Kier molecular flexibility index (Phi) is 6.46. The van der Waals surface area contributed by atoms with Crippen molar-refractivity contribution in [3.8, 4) is 0 Å². The Hall–Kier alpha value is -1.29. The Labute approximate surface area is 125 Å². The number of ether oxygens (including phenoxy) is 1. The second-order valence-corrected chi connectivity index (χ2v) is 5.88. The summed E-state index contributed by atoms with van der Waals surface area (Å²) in [7, 11) is -3.96. The molecule has 0 saturated carbocycles. The number of sulfonamides is 1. The van der Waals surface area contributed by atoms with Crippen molar-refractivity contribution < 1.29 is 26.7 Å². The van der Waals surface area contributed by atoms with Crippen molar-refractivity contribution in [1.29, 1.82) is 0 Å². The number of rotatable bonds is 7. The van der Waals surface area contributed by atoms with E-state index in [0.717, 1.165) is 6.07 Å². The van der Waals surface area contributed by atoms with E-state index in [1.807, 2.05) is 0 Å². The molecule has 10 heteroatoms. The van der Waals surface area contributed by atoms with Crippen molar-refractivity contribution in [3.05, 3.63) is 28.8 Å². The minimum absolute atomic E-state index is 0.0263. The first-order valence-electron chi connectivity index (χ1n) is 5.68. The van der Waals surface area contributed by atoms with E-state index in [1.165, 1.54) is 12.1 Å². The summed E-state index contributed by atoms with van der Waals surface area (Å²) in [6.07, 6.45) is -2.58. The standard InChI is InChI=1S/C11H13ClF2N2O4S/c12-9-2-1-7(21(15,18)19)5-8(9)11(17)16-3-4-20-6-10(13)14/h1-2,5,10H,3-4,6H2,(H,16,17)(H2,15,18,19). The number of primary sulfonamides is 1. The van der Waals surface area contributed by atoms with Gasteiger partial charge in [0.25, 0.3) is 12.3 Å². The van der Waals surface area contributed by atoms with Crippen LogP contribution in [0.15, 0.2) is 23.1 Å². The van der Waals surface area contributed by atoms with E-state index in [1.54, 1.807) is 0 Å². The molecular formula is C11H13ClF2N2O4S. The molecule has 0 aliphatic carbocycles. The topological polar surface area (TPSA) is 98.5 Å². The molecule has 1 aromatic rings. The predicted molar refractivity (Wildman–Crippen MR) is 72.0 cm³/mol. The van der Waals surface area contributed by atoms with Crippen LogP contribution >= 0.6 is 11.6 Å². The number of carbonyl (C=O) groups excluding carboxylic acids is 1. The normalized spacial score (nSPS) is 11.7. The summed E-state index contributed by atoms with van der Waals surface area (Å²) in [5.41, 5.74) is -0.0861. The molecule has 0 saturated heterocycles. The molecule has 0 radical (unpaired) electrons. The smallest absolute Gasteiger partial charge is 0.261 e. The summed E-state index contributed by atoms with van der Waals surface area (Å²) in [5, 5.41) is 7.35. The molecule has 0 bridgehead atoms. The Morgan fingerprint density at radius 1 is 1.43 bits per heavy atom. The van der Waals surface area contributed by atoms with E-state index < -0.39 is 29.0 Å². The number of nitrogens with two attached hydrogens (primary N) is 1. The van der Waals surface area contributed by atoms with Gasteiger partial charge in [0.1, 0.15) is 6.61 Å². The molecule has 0 atom stereocenters.